The Labute approximate surface area is 166 Å². The minimum absolute atomic E-state index is 0. The zero-order valence-corrected chi connectivity index (χ0v) is 15.9. The average Bonchev–Trinajstić information content (AvgIpc) is 2.70. The number of nitrogens with zero attached hydrogens (tertiary/aromatic N) is 1. The third kappa shape index (κ3) is 4.57. The maximum Gasteiger partial charge on any atom is 0.206 e. The molecule has 1 saturated heterocycles. The van der Waals surface area contributed by atoms with Crippen LogP contribution in [-0.4, -0.2) is 23.1 Å². The van der Waals surface area contributed by atoms with E-state index in [-0.39, 0.29) is 18.5 Å². The van der Waals surface area contributed by atoms with Crippen molar-refractivity contribution in [1.29, 1.82) is 0 Å². The van der Waals surface area contributed by atoms with E-state index in [2.05, 4.69) is 29.2 Å². The van der Waals surface area contributed by atoms with Crippen molar-refractivity contribution in [1.82, 2.24) is 4.90 Å². The number of benzene rings is 3. The molecule has 0 amide bonds. The zero-order valence-electron chi connectivity index (χ0n) is 15.1. The molecule has 0 radical (unpaired) electrons. The van der Waals surface area contributed by atoms with Crippen molar-refractivity contribution in [2.75, 3.05) is 13.1 Å². The van der Waals surface area contributed by atoms with Gasteiger partial charge < -0.3 is 9.84 Å². The maximum absolute atomic E-state index is 11.4. The Morgan fingerprint density at radius 2 is 1.41 bits per heavy atom. The van der Waals surface area contributed by atoms with E-state index in [4.69, 9.17) is 4.74 Å². The second-order valence-electron chi connectivity index (χ2n) is 6.82. The number of aliphatic hydroxyl groups is 1. The number of β-amino-alcohol motifs (C(OH)–C–C–N with tert-alkyl or cyclic N) is 1. The first-order valence-electron chi connectivity index (χ1n) is 9.00. The summed E-state index contributed by atoms with van der Waals surface area (Å²) in [5, 5.41) is 11.4. The number of hydrogen-bond donors (Lipinski definition) is 1. The summed E-state index contributed by atoms with van der Waals surface area (Å²) in [6, 6.07) is 30.2. The molecule has 4 heteroatoms. The molecule has 2 unspecified atom stereocenters. The molecule has 3 aromatic rings. The molecule has 140 valence electrons. The van der Waals surface area contributed by atoms with Crippen LogP contribution in [0, 0.1) is 0 Å². The predicted octanol–water partition coefficient (Wildman–Crippen LogP) is 4.53. The number of halogens is 1. The summed E-state index contributed by atoms with van der Waals surface area (Å²) >= 11 is 0. The Bertz CT molecular complexity index is 829. The second kappa shape index (κ2) is 8.68. The molecule has 1 N–H and O–H groups in total. The predicted molar refractivity (Wildman–Crippen MR) is 110 cm³/mol. The highest BCUT2D eigenvalue weighted by Gasteiger charge is 2.41. The van der Waals surface area contributed by atoms with E-state index in [1.54, 1.807) is 0 Å². The van der Waals surface area contributed by atoms with Crippen molar-refractivity contribution in [3.05, 3.63) is 108 Å². The Balaban J connectivity index is 0.00000210. The average molecular weight is 382 g/mol. The second-order valence-corrected chi connectivity index (χ2v) is 6.82. The smallest absolute Gasteiger partial charge is 0.206 e. The standard InChI is InChI=1S/C23H23NO2.ClH/c25-23(21-14-8-3-9-15-21)18-24(16-19-10-4-1-5-11-19)17-22(26-23)20-12-6-2-7-13-20;/h1-15,22,25H,16-18H2;1H. The molecule has 27 heavy (non-hydrogen) atoms. The van der Waals surface area contributed by atoms with E-state index in [9.17, 15) is 5.11 Å². The van der Waals surface area contributed by atoms with E-state index in [0.29, 0.717) is 6.54 Å². The maximum atomic E-state index is 11.4. The molecule has 1 aliphatic heterocycles. The number of rotatable bonds is 4. The summed E-state index contributed by atoms with van der Waals surface area (Å²) in [5.41, 5.74) is 3.11. The number of morpholine rings is 1. The monoisotopic (exact) mass is 381 g/mol. The van der Waals surface area contributed by atoms with Crippen LogP contribution in [0.15, 0.2) is 91.0 Å². The van der Waals surface area contributed by atoms with Crippen LogP contribution in [0.5, 0.6) is 0 Å². The van der Waals surface area contributed by atoms with Gasteiger partial charge in [0.15, 0.2) is 0 Å². The van der Waals surface area contributed by atoms with Crippen LogP contribution in [-0.2, 0) is 17.1 Å². The fraction of sp³-hybridized carbons (Fsp3) is 0.217. The lowest BCUT2D eigenvalue weighted by atomic mass is 9.99. The summed E-state index contributed by atoms with van der Waals surface area (Å²) < 4.78 is 6.23. The van der Waals surface area contributed by atoms with Gasteiger partial charge in [-0.25, -0.2) is 0 Å². The lowest BCUT2D eigenvalue weighted by Gasteiger charge is -2.43. The Morgan fingerprint density at radius 3 is 2.04 bits per heavy atom. The third-order valence-electron chi connectivity index (χ3n) is 4.84. The summed E-state index contributed by atoms with van der Waals surface area (Å²) in [6.07, 6.45) is -0.182. The molecule has 1 heterocycles. The number of ether oxygens (including phenoxy) is 1. The molecule has 0 bridgehead atoms. The quantitative estimate of drug-likeness (QED) is 0.720. The fourth-order valence-electron chi connectivity index (χ4n) is 3.57. The van der Waals surface area contributed by atoms with Crippen LogP contribution in [0.2, 0.25) is 0 Å². The van der Waals surface area contributed by atoms with Gasteiger partial charge in [-0.2, -0.15) is 0 Å². The highest BCUT2D eigenvalue weighted by atomic mass is 35.5. The van der Waals surface area contributed by atoms with Gasteiger partial charge in [0.05, 0.1) is 12.6 Å². The molecule has 1 aliphatic rings. The molecule has 0 saturated carbocycles. The van der Waals surface area contributed by atoms with Crippen molar-refractivity contribution in [3.8, 4) is 0 Å². The van der Waals surface area contributed by atoms with E-state index in [1.165, 1.54) is 5.56 Å². The molecule has 1 fully saturated rings. The van der Waals surface area contributed by atoms with E-state index >= 15 is 0 Å². The molecule has 2 atom stereocenters. The van der Waals surface area contributed by atoms with Gasteiger partial charge in [0.2, 0.25) is 5.79 Å². The minimum Gasteiger partial charge on any atom is -0.361 e. The van der Waals surface area contributed by atoms with Crippen molar-refractivity contribution < 1.29 is 9.84 Å². The first-order chi connectivity index (χ1) is 12.7. The Hall–Kier alpha value is -2.17. The van der Waals surface area contributed by atoms with Crippen molar-refractivity contribution in [3.63, 3.8) is 0 Å². The lowest BCUT2D eigenvalue weighted by Crippen LogP contribution is -2.50. The third-order valence-corrected chi connectivity index (χ3v) is 4.84. The van der Waals surface area contributed by atoms with Gasteiger partial charge >= 0.3 is 0 Å². The fourth-order valence-corrected chi connectivity index (χ4v) is 3.57. The van der Waals surface area contributed by atoms with Crippen LogP contribution in [0.4, 0.5) is 0 Å². The number of hydrogen-bond acceptors (Lipinski definition) is 3. The summed E-state index contributed by atoms with van der Waals surface area (Å²) in [4.78, 5) is 2.27. The van der Waals surface area contributed by atoms with Gasteiger partial charge in [-0.05, 0) is 11.1 Å². The molecule has 0 aliphatic carbocycles. The SMILES string of the molecule is Cl.OC1(c2ccccc2)CN(Cc2ccccc2)CC(c2ccccc2)O1. The summed E-state index contributed by atoms with van der Waals surface area (Å²) in [7, 11) is 0. The summed E-state index contributed by atoms with van der Waals surface area (Å²) in [5.74, 6) is -1.32. The van der Waals surface area contributed by atoms with Gasteiger partial charge in [-0.1, -0.05) is 91.0 Å². The van der Waals surface area contributed by atoms with Gasteiger partial charge in [0.25, 0.3) is 0 Å². The lowest BCUT2D eigenvalue weighted by molar-refractivity contribution is -0.280. The van der Waals surface area contributed by atoms with E-state index in [1.807, 2.05) is 66.7 Å². The molecule has 3 nitrogen and oxygen atoms in total. The largest absolute Gasteiger partial charge is 0.361 e. The van der Waals surface area contributed by atoms with E-state index in [0.717, 1.165) is 24.2 Å². The van der Waals surface area contributed by atoms with Crippen LogP contribution in [0.25, 0.3) is 0 Å². The van der Waals surface area contributed by atoms with Gasteiger partial charge in [-0.15, -0.1) is 12.4 Å². The van der Waals surface area contributed by atoms with Gasteiger partial charge in [-0.3, -0.25) is 4.90 Å². The molecule has 3 aromatic carbocycles. The minimum atomic E-state index is -1.32. The molecule has 4 rings (SSSR count). The van der Waals surface area contributed by atoms with Crippen LogP contribution in [0.3, 0.4) is 0 Å². The highest BCUT2D eigenvalue weighted by Crippen LogP contribution is 2.36. The van der Waals surface area contributed by atoms with Gasteiger partial charge in [0, 0.05) is 18.7 Å². The Kier molecular flexibility index (Phi) is 6.30. The van der Waals surface area contributed by atoms with Crippen molar-refractivity contribution >= 4 is 12.4 Å². The van der Waals surface area contributed by atoms with Crippen molar-refractivity contribution in [2.45, 2.75) is 18.4 Å². The topological polar surface area (TPSA) is 32.7 Å². The van der Waals surface area contributed by atoms with E-state index < -0.39 is 5.79 Å². The van der Waals surface area contributed by atoms with Crippen LogP contribution in [0.1, 0.15) is 22.8 Å². The first kappa shape index (κ1) is 19.6. The normalized spacial score (nSPS) is 22.8. The molecular weight excluding hydrogens is 358 g/mol. The first-order valence-corrected chi connectivity index (χ1v) is 9.00. The van der Waals surface area contributed by atoms with Gasteiger partial charge in [0.1, 0.15) is 0 Å². The molecule has 0 spiro atoms. The highest BCUT2D eigenvalue weighted by molar-refractivity contribution is 5.85. The van der Waals surface area contributed by atoms with Crippen molar-refractivity contribution in [2.24, 2.45) is 0 Å². The zero-order chi connectivity index (χ0) is 17.8. The molecule has 0 aromatic heterocycles. The van der Waals surface area contributed by atoms with Crippen LogP contribution < -0.4 is 0 Å². The molecular formula is C23H24ClNO2. The van der Waals surface area contributed by atoms with Crippen LogP contribution >= 0.6 is 12.4 Å². The Morgan fingerprint density at radius 1 is 0.852 bits per heavy atom. The summed E-state index contributed by atoms with van der Waals surface area (Å²) in [6.45, 7) is 1.96.